The number of amides is 3. The lowest BCUT2D eigenvalue weighted by atomic mass is 10.1. The van der Waals surface area contributed by atoms with E-state index in [9.17, 15) is 24.3 Å². The zero-order valence-corrected chi connectivity index (χ0v) is 17.1. The number of rotatable bonds is 14. The third-order valence-corrected chi connectivity index (χ3v) is 4.35. The number of carbonyl (C=O) groups is 4. The molecule has 0 aliphatic rings. The van der Waals surface area contributed by atoms with Crippen molar-refractivity contribution in [2.24, 2.45) is 11.5 Å². The quantitative estimate of drug-likeness (QED) is 0.0962. The van der Waals surface area contributed by atoms with Gasteiger partial charge in [-0.15, -0.1) is 0 Å². The molecule has 0 spiro atoms. The molecule has 0 fully saturated rings. The number of thiol groups is 1. The fourth-order valence-corrected chi connectivity index (χ4v) is 2.48. The molecular formula is C16H31N5O7S. The fraction of sp³-hybridized carbons (Fsp3) is 0.750. The van der Waals surface area contributed by atoms with Crippen molar-refractivity contribution >= 4 is 36.3 Å². The second kappa shape index (κ2) is 14.1. The molecule has 0 aromatic heterocycles. The Morgan fingerprint density at radius 2 is 1.59 bits per heavy atom. The van der Waals surface area contributed by atoms with Crippen molar-refractivity contribution in [2.45, 2.75) is 56.5 Å². The number of unbranched alkanes of at least 4 members (excludes halogenated alkanes) is 1. The monoisotopic (exact) mass is 437 g/mol. The predicted octanol–water partition coefficient (Wildman–Crippen LogP) is -3.72. The molecule has 3 amide bonds. The highest BCUT2D eigenvalue weighted by molar-refractivity contribution is 7.80. The first-order valence-corrected chi connectivity index (χ1v) is 9.71. The number of nitrogens with two attached hydrogens (primary N) is 2. The molecule has 12 nitrogen and oxygen atoms in total. The van der Waals surface area contributed by atoms with Gasteiger partial charge in [0.2, 0.25) is 17.7 Å². The van der Waals surface area contributed by atoms with Crippen molar-refractivity contribution in [2.75, 3.05) is 18.9 Å². The van der Waals surface area contributed by atoms with Crippen LogP contribution in [0.15, 0.2) is 0 Å². The largest absolute Gasteiger partial charge is 0.480 e. The summed E-state index contributed by atoms with van der Waals surface area (Å²) in [6.45, 7) is 0.803. The first kappa shape index (κ1) is 27.1. The molecule has 0 saturated carbocycles. The van der Waals surface area contributed by atoms with Crippen molar-refractivity contribution in [3.05, 3.63) is 0 Å². The van der Waals surface area contributed by atoms with E-state index in [4.69, 9.17) is 21.7 Å². The van der Waals surface area contributed by atoms with Crippen molar-refractivity contribution in [3.8, 4) is 0 Å². The summed E-state index contributed by atoms with van der Waals surface area (Å²) in [5.41, 5.74) is 11.1. The van der Waals surface area contributed by atoms with Crippen LogP contribution in [0.4, 0.5) is 0 Å². The summed E-state index contributed by atoms with van der Waals surface area (Å²) in [7, 11) is 0. The van der Waals surface area contributed by atoms with Crippen LogP contribution in [0.2, 0.25) is 0 Å². The van der Waals surface area contributed by atoms with Crippen molar-refractivity contribution in [3.63, 3.8) is 0 Å². The average Bonchev–Trinajstić information content (AvgIpc) is 2.67. The van der Waals surface area contributed by atoms with E-state index in [-0.39, 0.29) is 5.75 Å². The van der Waals surface area contributed by atoms with Crippen LogP contribution in [0.1, 0.15) is 26.2 Å². The number of aliphatic hydroxyl groups is 2. The number of nitrogens with one attached hydrogen (secondary N) is 3. The lowest BCUT2D eigenvalue weighted by Gasteiger charge is -2.25. The van der Waals surface area contributed by atoms with Crippen LogP contribution in [-0.4, -0.2) is 88.2 Å². The average molecular weight is 438 g/mol. The highest BCUT2D eigenvalue weighted by atomic mass is 32.1. The van der Waals surface area contributed by atoms with Crippen molar-refractivity contribution in [1.82, 2.24) is 16.0 Å². The maximum Gasteiger partial charge on any atom is 0.328 e. The number of carboxylic acids is 1. The Balaban J connectivity index is 4.98. The number of carboxylic acid groups (broad SMARTS) is 1. The zero-order chi connectivity index (χ0) is 22.6. The van der Waals surface area contributed by atoms with Gasteiger partial charge >= 0.3 is 5.97 Å². The summed E-state index contributed by atoms with van der Waals surface area (Å²) in [5, 5.41) is 34.3. The fourth-order valence-electron chi connectivity index (χ4n) is 2.22. The Morgan fingerprint density at radius 1 is 1.00 bits per heavy atom. The molecule has 5 atom stereocenters. The second-order valence-corrected chi connectivity index (χ2v) is 6.81. The molecule has 29 heavy (non-hydrogen) atoms. The first-order chi connectivity index (χ1) is 13.6. The third-order valence-electron chi connectivity index (χ3n) is 3.98. The number of aliphatic carboxylic acids is 1. The Morgan fingerprint density at radius 3 is 2.03 bits per heavy atom. The molecule has 0 heterocycles. The maximum atomic E-state index is 12.4. The molecule has 0 saturated heterocycles. The summed E-state index contributed by atoms with van der Waals surface area (Å²) in [6.07, 6.45) is 0.332. The molecule has 0 rings (SSSR count). The summed E-state index contributed by atoms with van der Waals surface area (Å²) in [6, 6.07) is -5.12. The smallest absolute Gasteiger partial charge is 0.328 e. The minimum absolute atomic E-state index is 0.115. The van der Waals surface area contributed by atoms with E-state index in [1.165, 1.54) is 6.92 Å². The summed E-state index contributed by atoms with van der Waals surface area (Å²) < 4.78 is 0. The highest BCUT2D eigenvalue weighted by Crippen LogP contribution is 2.01. The van der Waals surface area contributed by atoms with Gasteiger partial charge in [0.15, 0.2) is 0 Å². The lowest BCUT2D eigenvalue weighted by molar-refractivity contribution is -0.144. The van der Waals surface area contributed by atoms with Crippen LogP contribution in [-0.2, 0) is 19.2 Å². The van der Waals surface area contributed by atoms with Crippen LogP contribution in [0.25, 0.3) is 0 Å². The standard InChI is InChI=1S/C16H31N5O7S/c1-8(23)12(15(26)19-10(6-22)16(27)28)21-14(25)11(7-29)20-13(24)9(18)4-2-3-5-17/h8-12,22-23,29H,2-7,17-18H2,1H3,(H,19,26)(H,20,24)(H,21,25)(H,27,28)/t8-,9+,10+,11+,12+/m1/s1. The van der Waals surface area contributed by atoms with E-state index in [1.54, 1.807) is 0 Å². The molecule has 0 aliphatic heterocycles. The Hall–Kier alpha value is -1.93. The van der Waals surface area contributed by atoms with Gasteiger partial charge in [0.05, 0.1) is 18.8 Å². The van der Waals surface area contributed by atoms with Gasteiger partial charge in [0.1, 0.15) is 18.1 Å². The van der Waals surface area contributed by atoms with Gasteiger partial charge in [-0.3, -0.25) is 14.4 Å². The molecule has 0 aromatic carbocycles. The van der Waals surface area contributed by atoms with Crippen LogP contribution in [0.5, 0.6) is 0 Å². The molecule has 168 valence electrons. The van der Waals surface area contributed by atoms with Crippen LogP contribution in [0.3, 0.4) is 0 Å². The van der Waals surface area contributed by atoms with Crippen molar-refractivity contribution < 1.29 is 34.5 Å². The van der Waals surface area contributed by atoms with E-state index in [2.05, 4.69) is 23.3 Å². The zero-order valence-electron chi connectivity index (χ0n) is 16.2. The van der Waals surface area contributed by atoms with Crippen LogP contribution in [0, 0.1) is 0 Å². The number of aliphatic hydroxyl groups excluding tert-OH is 2. The van der Waals surface area contributed by atoms with Crippen molar-refractivity contribution in [1.29, 1.82) is 0 Å². The predicted molar refractivity (Wildman–Crippen MR) is 107 cm³/mol. The molecule has 0 radical (unpaired) electrons. The normalized spacial score (nSPS) is 16.1. The van der Waals surface area contributed by atoms with Gasteiger partial charge in [0.25, 0.3) is 0 Å². The molecular weight excluding hydrogens is 406 g/mol. The number of hydrogen-bond acceptors (Lipinski definition) is 9. The minimum atomic E-state index is -1.60. The van der Waals surface area contributed by atoms with Gasteiger partial charge < -0.3 is 42.7 Å². The molecule has 10 N–H and O–H groups in total. The van der Waals surface area contributed by atoms with E-state index in [0.29, 0.717) is 25.8 Å². The minimum Gasteiger partial charge on any atom is -0.480 e. The summed E-state index contributed by atoms with van der Waals surface area (Å²) in [4.78, 5) is 47.6. The summed E-state index contributed by atoms with van der Waals surface area (Å²) >= 11 is 4.00. The van der Waals surface area contributed by atoms with Crippen LogP contribution >= 0.6 is 12.6 Å². The van der Waals surface area contributed by atoms with E-state index in [0.717, 1.165) is 0 Å². The van der Waals surface area contributed by atoms with Gasteiger partial charge in [0, 0.05) is 5.75 Å². The number of hydrogen-bond donors (Lipinski definition) is 9. The topological polar surface area (TPSA) is 217 Å². The SMILES string of the molecule is C[C@@H](O)[C@H](NC(=O)[C@H](CS)NC(=O)[C@@H](N)CCCCN)C(=O)N[C@@H](CO)C(=O)O. The van der Waals surface area contributed by atoms with Crippen LogP contribution < -0.4 is 27.4 Å². The molecule has 0 unspecified atom stereocenters. The lowest BCUT2D eigenvalue weighted by Crippen LogP contribution is -2.60. The Kier molecular flexibility index (Phi) is 13.2. The molecule has 0 bridgehead atoms. The van der Waals surface area contributed by atoms with E-state index < -0.39 is 60.6 Å². The van der Waals surface area contributed by atoms with Gasteiger partial charge in [-0.1, -0.05) is 6.42 Å². The van der Waals surface area contributed by atoms with Gasteiger partial charge in [-0.25, -0.2) is 4.79 Å². The van der Waals surface area contributed by atoms with E-state index in [1.807, 2.05) is 5.32 Å². The second-order valence-electron chi connectivity index (χ2n) is 6.44. The van der Waals surface area contributed by atoms with Gasteiger partial charge in [-0.2, -0.15) is 12.6 Å². The molecule has 0 aliphatic carbocycles. The number of carbonyl (C=O) groups excluding carboxylic acids is 3. The van der Waals surface area contributed by atoms with Gasteiger partial charge in [-0.05, 0) is 26.3 Å². The Labute approximate surface area is 174 Å². The third kappa shape index (κ3) is 9.89. The molecule has 13 heteroatoms. The molecule has 0 aromatic rings. The highest BCUT2D eigenvalue weighted by Gasteiger charge is 2.32. The first-order valence-electron chi connectivity index (χ1n) is 9.08. The Bertz CT molecular complexity index is 564. The summed E-state index contributed by atoms with van der Waals surface area (Å²) in [5.74, 6) is -4.02. The maximum absolute atomic E-state index is 12.4. The van der Waals surface area contributed by atoms with E-state index >= 15 is 0 Å².